The van der Waals surface area contributed by atoms with Gasteiger partial charge in [0.1, 0.15) is 0 Å². The number of benzene rings is 2. The first kappa shape index (κ1) is 19.4. The van der Waals surface area contributed by atoms with E-state index in [0.29, 0.717) is 16.5 Å². The number of aromatic nitrogens is 2. The molecule has 0 bridgehead atoms. The number of hydrogen-bond acceptors (Lipinski definition) is 5. The van der Waals surface area contributed by atoms with Crippen LogP contribution in [0.3, 0.4) is 0 Å². The molecular formula is C18H16BrN5OS2. The lowest BCUT2D eigenvalue weighted by atomic mass is 10.1. The molecule has 6 nitrogen and oxygen atoms in total. The Morgan fingerprint density at radius 1 is 1.07 bits per heavy atom. The first-order chi connectivity index (χ1) is 13.0. The lowest BCUT2D eigenvalue weighted by molar-refractivity contribution is 0.102. The van der Waals surface area contributed by atoms with E-state index in [1.807, 2.05) is 43.3 Å². The summed E-state index contributed by atoms with van der Waals surface area (Å²) in [6.07, 6.45) is 0. The minimum absolute atomic E-state index is 0.0726. The van der Waals surface area contributed by atoms with Gasteiger partial charge in [0.15, 0.2) is 10.8 Å². The average molecular weight is 462 g/mol. The zero-order valence-electron chi connectivity index (χ0n) is 14.3. The molecule has 138 valence electrons. The standard InChI is InChI=1S/C18H16BrN5OS2/c1-11(12-2-4-13(19)5-3-12)20-18(26)22-15-8-6-14(7-9-15)21-17(25)16-10-27-24-23-16/h2-11H,1H3,(H,21,25)(H2,20,22,26)/t11-/m0/s1. The van der Waals surface area contributed by atoms with Gasteiger partial charge in [-0.25, -0.2) is 0 Å². The molecule has 1 heterocycles. The quantitative estimate of drug-likeness (QED) is 0.481. The molecule has 0 aliphatic carbocycles. The summed E-state index contributed by atoms with van der Waals surface area (Å²) >= 11 is 9.95. The van der Waals surface area contributed by atoms with Crippen LogP contribution in [0.1, 0.15) is 29.0 Å². The highest BCUT2D eigenvalue weighted by Crippen LogP contribution is 2.18. The number of carbonyl (C=O) groups excluding carboxylic acids is 1. The van der Waals surface area contributed by atoms with Gasteiger partial charge in [-0.15, -0.1) is 5.10 Å². The highest BCUT2D eigenvalue weighted by Gasteiger charge is 2.10. The monoisotopic (exact) mass is 461 g/mol. The van der Waals surface area contributed by atoms with Crippen LogP contribution in [0.15, 0.2) is 58.4 Å². The number of nitrogens with one attached hydrogen (secondary N) is 3. The minimum atomic E-state index is -0.287. The van der Waals surface area contributed by atoms with E-state index in [9.17, 15) is 4.79 Å². The lowest BCUT2D eigenvalue weighted by Crippen LogP contribution is -2.30. The summed E-state index contributed by atoms with van der Waals surface area (Å²) in [4.78, 5) is 12.0. The average Bonchev–Trinajstić information content (AvgIpc) is 3.18. The van der Waals surface area contributed by atoms with Gasteiger partial charge in [-0.05, 0) is 72.6 Å². The van der Waals surface area contributed by atoms with Crippen LogP contribution in [0.25, 0.3) is 0 Å². The molecule has 1 amide bonds. The molecule has 0 saturated heterocycles. The van der Waals surface area contributed by atoms with Crippen LogP contribution in [0.2, 0.25) is 0 Å². The Bertz CT molecular complexity index is 914. The van der Waals surface area contributed by atoms with Crippen LogP contribution in [-0.4, -0.2) is 20.6 Å². The summed E-state index contributed by atoms with van der Waals surface area (Å²) in [6.45, 7) is 2.04. The molecule has 2 aromatic carbocycles. The Hall–Kier alpha value is -2.36. The number of carbonyl (C=O) groups is 1. The summed E-state index contributed by atoms with van der Waals surface area (Å²) in [5.41, 5.74) is 2.93. The highest BCUT2D eigenvalue weighted by atomic mass is 79.9. The topological polar surface area (TPSA) is 78.9 Å². The predicted molar refractivity (Wildman–Crippen MR) is 116 cm³/mol. The molecule has 0 spiro atoms. The molecule has 3 rings (SSSR count). The molecule has 3 aromatic rings. The molecule has 27 heavy (non-hydrogen) atoms. The van der Waals surface area contributed by atoms with E-state index in [2.05, 4.69) is 41.5 Å². The molecule has 1 atom stereocenters. The molecule has 0 aliphatic heterocycles. The van der Waals surface area contributed by atoms with Gasteiger partial charge in [0.2, 0.25) is 0 Å². The van der Waals surface area contributed by atoms with Crippen molar-refractivity contribution in [3.05, 3.63) is 69.6 Å². The predicted octanol–water partition coefficient (Wildman–Crippen LogP) is 4.60. The molecule has 9 heteroatoms. The van der Waals surface area contributed by atoms with Crippen LogP contribution in [0, 0.1) is 0 Å². The smallest absolute Gasteiger partial charge is 0.277 e. The third-order valence-electron chi connectivity index (χ3n) is 3.71. The largest absolute Gasteiger partial charge is 0.356 e. The van der Waals surface area contributed by atoms with Crippen LogP contribution < -0.4 is 16.0 Å². The van der Waals surface area contributed by atoms with Crippen molar-refractivity contribution in [3.63, 3.8) is 0 Å². The summed E-state index contributed by atoms with van der Waals surface area (Å²) in [7, 11) is 0. The van der Waals surface area contributed by atoms with E-state index in [0.717, 1.165) is 27.3 Å². The second-order valence-corrected chi connectivity index (χ2v) is 7.63. The van der Waals surface area contributed by atoms with E-state index < -0.39 is 0 Å². The van der Waals surface area contributed by atoms with Crippen LogP contribution in [-0.2, 0) is 0 Å². The van der Waals surface area contributed by atoms with Crippen molar-refractivity contribution >= 4 is 62.1 Å². The zero-order chi connectivity index (χ0) is 19.2. The maximum atomic E-state index is 12.0. The van der Waals surface area contributed by atoms with Gasteiger partial charge in [-0.3, -0.25) is 4.79 Å². The van der Waals surface area contributed by atoms with Crippen molar-refractivity contribution in [2.75, 3.05) is 10.6 Å². The zero-order valence-corrected chi connectivity index (χ0v) is 17.5. The van der Waals surface area contributed by atoms with Gasteiger partial charge in [-0.2, -0.15) is 0 Å². The summed E-state index contributed by atoms with van der Waals surface area (Å²) in [5, 5.41) is 15.0. The second kappa shape index (κ2) is 9.03. The molecular weight excluding hydrogens is 446 g/mol. The Morgan fingerprint density at radius 3 is 2.30 bits per heavy atom. The third-order valence-corrected chi connectivity index (χ3v) is 4.96. The molecule has 0 unspecified atom stereocenters. The van der Waals surface area contributed by atoms with Gasteiger partial charge < -0.3 is 16.0 Å². The maximum Gasteiger partial charge on any atom is 0.277 e. The molecule has 0 radical (unpaired) electrons. The first-order valence-corrected chi connectivity index (χ1v) is 10.1. The maximum absolute atomic E-state index is 12.0. The van der Waals surface area contributed by atoms with Crippen molar-refractivity contribution < 1.29 is 4.79 Å². The first-order valence-electron chi connectivity index (χ1n) is 8.03. The molecule has 3 N–H and O–H groups in total. The summed E-state index contributed by atoms with van der Waals surface area (Å²) in [5.74, 6) is -0.287. The molecule has 1 aromatic heterocycles. The van der Waals surface area contributed by atoms with E-state index in [-0.39, 0.29) is 11.9 Å². The fraction of sp³-hybridized carbons (Fsp3) is 0.111. The van der Waals surface area contributed by atoms with E-state index >= 15 is 0 Å². The van der Waals surface area contributed by atoms with E-state index in [1.54, 1.807) is 17.5 Å². The number of anilines is 2. The van der Waals surface area contributed by atoms with Crippen LogP contribution >= 0.6 is 39.7 Å². The van der Waals surface area contributed by atoms with Crippen molar-refractivity contribution in [2.24, 2.45) is 0 Å². The van der Waals surface area contributed by atoms with Gasteiger partial charge in [-0.1, -0.05) is 32.6 Å². The number of rotatable bonds is 5. The minimum Gasteiger partial charge on any atom is -0.356 e. The SMILES string of the molecule is C[C@H](NC(=S)Nc1ccc(NC(=O)c2csnn2)cc1)c1ccc(Br)cc1. The van der Waals surface area contributed by atoms with Crippen molar-refractivity contribution in [3.8, 4) is 0 Å². The van der Waals surface area contributed by atoms with Crippen molar-refractivity contribution in [2.45, 2.75) is 13.0 Å². The van der Waals surface area contributed by atoms with Gasteiger partial charge in [0, 0.05) is 21.2 Å². The summed E-state index contributed by atoms with van der Waals surface area (Å²) in [6, 6.07) is 15.4. The van der Waals surface area contributed by atoms with E-state index in [4.69, 9.17) is 12.2 Å². The van der Waals surface area contributed by atoms with Crippen LogP contribution in [0.4, 0.5) is 11.4 Å². The number of thiocarbonyl (C=S) groups is 1. The van der Waals surface area contributed by atoms with Crippen molar-refractivity contribution in [1.29, 1.82) is 0 Å². The number of amides is 1. The Kier molecular flexibility index (Phi) is 6.49. The third kappa shape index (κ3) is 5.56. The Labute approximate surface area is 174 Å². The van der Waals surface area contributed by atoms with Gasteiger partial charge >= 0.3 is 0 Å². The second-order valence-electron chi connectivity index (χ2n) is 5.69. The molecule has 0 fully saturated rings. The van der Waals surface area contributed by atoms with E-state index in [1.165, 1.54) is 0 Å². The van der Waals surface area contributed by atoms with Gasteiger partial charge in [0.05, 0.1) is 6.04 Å². The normalized spacial score (nSPS) is 11.5. The van der Waals surface area contributed by atoms with Gasteiger partial charge in [0.25, 0.3) is 5.91 Å². The fourth-order valence-electron chi connectivity index (χ4n) is 2.29. The Morgan fingerprint density at radius 2 is 1.70 bits per heavy atom. The van der Waals surface area contributed by atoms with Crippen molar-refractivity contribution in [1.82, 2.24) is 14.9 Å². The number of hydrogen-bond donors (Lipinski definition) is 3. The number of nitrogens with zero attached hydrogens (tertiary/aromatic N) is 2. The lowest BCUT2D eigenvalue weighted by Gasteiger charge is -2.17. The molecule has 0 saturated carbocycles. The number of halogens is 1. The highest BCUT2D eigenvalue weighted by molar-refractivity contribution is 9.10. The van der Waals surface area contributed by atoms with Crippen LogP contribution in [0.5, 0.6) is 0 Å². The Balaban J connectivity index is 1.53. The summed E-state index contributed by atoms with van der Waals surface area (Å²) < 4.78 is 4.72. The fourth-order valence-corrected chi connectivity index (χ4v) is 3.29. The molecule has 0 aliphatic rings.